The Balaban J connectivity index is 2.28. The van der Waals surface area contributed by atoms with Gasteiger partial charge in [0.1, 0.15) is 16.2 Å². The molecule has 0 fully saturated rings. The fraction of sp³-hybridized carbons (Fsp3) is 0.667. The van der Waals surface area contributed by atoms with Crippen molar-refractivity contribution in [1.29, 1.82) is 0 Å². The molecule has 5 heteroatoms. The van der Waals surface area contributed by atoms with E-state index in [9.17, 15) is 0 Å². The van der Waals surface area contributed by atoms with E-state index >= 15 is 0 Å². The highest BCUT2D eigenvalue weighted by Crippen LogP contribution is 2.13. The molecule has 0 aliphatic heterocycles. The number of aryl methyl sites for hydroxylation is 1. The third-order valence-corrected chi connectivity index (χ3v) is 3.49. The zero-order valence-electron chi connectivity index (χ0n) is 10.5. The Morgan fingerprint density at radius 2 is 2.12 bits per heavy atom. The summed E-state index contributed by atoms with van der Waals surface area (Å²) < 4.78 is 0.856. The van der Waals surface area contributed by atoms with Crippen LogP contribution in [-0.4, -0.2) is 28.5 Å². The number of aromatic nitrogens is 2. The van der Waals surface area contributed by atoms with Gasteiger partial charge in [-0.2, -0.15) is 11.8 Å². The minimum atomic E-state index is 0.856. The van der Waals surface area contributed by atoms with Crippen LogP contribution < -0.4 is 5.32 Å². The first-order valence-corrected chi connectivity index (χ1v) is 8.21. The van der Waals surface area contributed by atoms with Gasteiger partial charge in [-0.15, -0.1) is 0 Å². The van der Waals surface area contributed by atoms with Gasteiger partial charge in [0.05, 0.1) is 0 Å². The van der Waals surface area contributed by atoms with E-state index in [-0.39, 0.29) is 0 Å². The standard InChI is InChI=1S/C12H20BrN3S/c1-3-11-15-10(13)9-12(16-11)14-7-5-4-6-8-17-2/h9H,3-8H2,1-2H3,(H,14,15,16). The van der Waals surface area contributed by atoms with Crippen molar-refractivity contribution in [1.82, 2.24) is 9.97 Å². The molecular formula is C12H20BrN3S. The summed E-state index contributed by atoms with van der Waals surface area (Å²) >= 11 is 5.32. The lowest BCUT2D eigenvalue weighted by molar-refractivity contribution is 0.747. The van der Waals surface area contributed by atoms with Gasteiger partial charge < -0.3 is 5.32 Å². The van der Waals surface area contributed by atoms with Gasteiger partial charge in [0, 0.05) is 19.0 Å². The molecule has 0 aromatic carbocycles. The second kappa shape index (κ2) is 8.75. The Morgan fingerprint density at radius 1 is 1.29 bits per heavy atom. The third-order valence-electron chi connectivity index (χ3n) is 2.39. The molecule has 0 radical (unpaired) electrons. The SMILES string of the molecule is CCc1nc(Br)cc(NCCCCCSC)n1. The number of hydrogen-bond donors (Lipinski definition) is 1. The van der Waals surface area contributed by atoms with Crippen LogP contribution in [-0.2, 0) is 6.42 Å². The van der Waals surface area contributed by atoms with E-state index in [2.05, 4.69) is 44.4 Å². The second-order valence-corrected chi connectivity index (χ2v) is 5.62. The van der Waals surface area contributed by atoms with Crippen LogP contribution in [0.3, 0.4) is 0 Å². The van der Waals surface area contributed by atoms with Crippen molar-refractivity contribution in [2.45, 2.75) is 32.6 Å². The number of rotatable bonds is 8. The van der Waals surface area contributed by atoms with E-state index in [1.54, 1.807) is 0 Å². The summed E-state index contributed by atoms with van der Waals surface area (Å²) in [6, 6.07) is 1.93. The van der Waals surface area contributed by atoms with Crippen LogP contribution in [0.2, 0.25) is 0 Å². The Morgan fingerprint density at radius 3 is 2.82 bits per heavy atom. The largest absolute Gasteiger partial charge is 0.370 e. The maximum Gasteiger partial charge on any atom is 0.131 e. The Labute approximate surface area is 116 Å². The Bertz CT molecular complexity index is 334. The molecule has 1 N–H and O–H groups in total. The number of nitrogens with zero attached hydrogens (tertiary/aromatic N) is 2. The van der Waals surface area contributed by atoms with Gasteiger partial charge in [-0.3, -0.25) is 0 Å². The van der Waals surface area contributed by atoms with Crippen molar-refractivity contribution in [3.8, 4) is 0 Å². The minimum Gasteiger partial charge on any atom is -0.370 e. The molecule has 0 saturated heterocycles. The molecule has 96 valence electrons. The highest BCUT2D eigenvalue weighted by molar-refractivity contribution is 9.10. The monoisotopic (exact) mass is 317 g/mol. The number of thioether (sulfide) groups is 1. The van der Waals surface area contributed by atoms with Crippen molar-refractivity contribution in [3.63, 3.8) is 0 Å². The van der Waals surface area contributed by atoms with Crippen molar-refractivity contribution in [3.05, 3.63) is 16.5 Å². The number of nitrogens with one attached hydrogen (secondary N) is 1. The second-order valence-electron chi connectivity index (χ2n) is 3.83. The molecule has 0 spiro atoms. The first-order chi connectivity index (χ1) is 8.26. The first kappa shape index (κ1) is 14.8. The highest BCUT2D eigenvalue weighted by Gasteiger charge is 2.00. The maximum absolute atomic E-state index is 4.43. The molecule has 0 atom stereocenters. The van der Waals surface area contributed by atoms with Crippen LogP contribution in [0.5, 0.6) is 0 Å². The average Bonchev–Trinajstić information content (AvgIpc) is 2.33. The van der Waals surface area contributed by atoms with E-state index in [1.165, 1.54) is 25.0 Å². The van der Waals surface area contributed by atoms with Crippen LogP contribution in [0, 0.1) is 0 Å². The van der Waals surface area contributed by atoms with Crippen molar-refractivity contribution >= 4 is 33.5 Å². The summed E-state index contributed by atoms with van der Waals surface area (Å²) in [4.78, 5) is 8.71. The van der Waals surface area contributed by atoms with E-state index in [0.717, 1.165) is 29.2 Å². The minimum absolute atomic E-state index is 0.856. The van der Waals surface area contributed by atoms with E-state index in [0.29, 0.717) is 0 Å². The molecule has 1 heterocycles. The van der Waals surface area contributed by atoms with E-state index in [1.807, 2.05) is 17.8 Å². The maximum atomic E-state index is 4.43. The summed E-state index contributed by atoms with van der Waals surface area (Å²) in [5.74, 6) is 3.07. The lowest BCUT2D eigenvalue weighted by atomic mass is 10.2. The average molecular weight is 318 g/mol. The molecule has 0 aliphatic carbocycles. The number of anilines is 1. The van der Waals surface area contributed by atoms with E-state index < -0.39 is 0 Å². The highest BCUT2D eigenvalue weighted by atomic mass is 79.9. The summed E-state index contributed by atoms with van der Waals surface area (Å²) in [5.41, 5.74) is 0. The van der Waals surface area contributed by atoms with Crippen molar-refractivity contribution in [2.75, 3.05) is 23.9 Å². The first-order valence-electron chi connectivity index (χ1n) is 6.02. The number of unbranched alkanes of at least 4 members (excludes halogenated alkanes) is 2. The summed E-state index contributed by atoms with van der Waals surface area (Å²) in [6.45, 7) is 3.05. The lowest BCUT2D eigenvalue weighted by Crippen LogP contribution is -2.06. The fourth-order valence-electron chi connectivity index (χ4n) is 1.48. The third kappa shape index (κ3) is 6.27. The summed E-state index contributed by atoms with van der Waals surface area (Å²) in [6.07, 6.45) is 6.80. The van der Waals surface area contributed by atoms with Crippen molar-refractivity contribution in [2.24, 2.45) is 0 Å². The smallest absolute Gasteiger partial charge is 0.131 e. The lowest BCUT2D eigenvalue weighted by Gasteiger charge is -2.07. The van der Waals surface area contributed by atoms with Gasteiger partial charge in [-0.1, -0.05) is 13.3 Å². The van der Waals surface area contributed by atoms with Gasteiger partial charge in [-0.05, 0) is 40.8 Å². The number of halogens is 1. The van der Waals surface area contributed by atoms with Gasteiger partial charge in [-0.25, -0.2) is 9.97 Å². The van der Waals surface area contributed by atoms with Gasteiger partial charge in [0.2, 0.25) is 0 Å². The fourth-order valence-corrected chi connectivity index (χ4v) is 2.39. The van der Waals surface area contributed by atoms with Crippen LogP contribution in [0.15, 0.2) is 10.7 Å². The van der Waals surface area contributed by atoms with Gasteiger partial charge in [0.15, 0.2) is 0 Å². The molecule has 17 heavy (non-hydrogen) atoms. The normalized spacial score (nSPS) is 10.5. The zero-order chi connectivity index (χ0) is 12.5. The molecule has 0 amide bonds. The van der Waals surface area contributed by atoms with Crippen LogP contribution in [0.1, 0.15) is 32.0 Å². The predicted octanol–water partition coefficient (Wildman–Crippen LogP) is 3.75. The molecule has 0 aliphatic rings. The predicted molar refractivity (Wildman–Crippen MR) is 79.8 cm³/mol. The van der Waals surface area contributed by atoms with E-state index in [4.69, 9.17) is 0 Å². The topological polar surface area (TPSA) is 37.8 Å². The molecular weight excluding hydrogens is 298 g/mol. The zero-order valence-corrected chi connectivity index (χ0v) is 12.9. The van der Waals surface area contributed by atoms with Crippen LogP contribution >= 0.6 is 27.7 Å². The Hall–Kier alpha value is -0.290. The quantitative estimate of drug-likeness (QED) is 0.585. The molecule has 1 aromatic heterocycles. The number of hydrogen-bond acceptors (Lipinski definition) is 4. The molecule has 1 rings (SSSR count). The van der Waals surface area contributed by atoms with Crippen molar-refractivity contribution < 1.29 is 0 Å². The summed E-state index contributed by atoms with van der Waals surface area (Å²) in [7, 11) is 0. The summed E-state index contributed by atoms with van der Waals surface area (Å²) in [5, 5.41) is 3.35. The van der Waals surface area contributed by atoms with Gasteiger partial charge in [0.25, 0.3) is 0 Å². The molecule has 0 saturated carbocycles. The van der Waals surface area contributed by atoms with Crippen LogP contribution in [0.25, 0.3) is 0 Å². The molecule has 0 bridgehead atoms. The van der Waals surface area contributed by atoms with Gasteiger partial charge >= 0.3 is 0 Å². The molecule has 0 unspecified atom stereocenters. The Kier molecular flexibility index (Phi) is 7.60. The molecule has 3 nitrogen and oxygen atoms in total. The van der Waals surface area contributed by atoms with Crippen LogP contribution in [0.4, 0.5) is 5.82 Å². The molecule has 1 aromatic rings.